The van der Waals surface area contributed by atoms with Crippen molar-refractivity contribution in [2.24, 2.45) is 0 Å². The molecule has 0 unspecified atom stereocenters. The van der Waals surface area contributed by atoms with Gasteiger partial charge in [0, 0.05) is 0 Å². The maximum Gasteiger partial charge on any atom is 0.337 e. The molecule has 0 radical (unpaired) electrons. The Morgan fingerprint density at radius 3 is 2.70 bits per heavy atom. The zero-order chi connectivity index (χ0) is 14.3. The van der Waals surface area contributed by atoms with Crippen molar-refractivity contribution in [3.63, 3.8) is 0 Å². The summed E-state index contributed by atoms with van der Waals surface area (Å²) in [6.07, 6.45) is 1.68. The van der Waals surface area contributed by atoms with Crippen LogP contribution in [-0.2, 0) is 0 Å². The summed E-state index contributed by atoms with van der Waals surface area (Å²) in [5, 5.41) is 9.20. The minimum atomic E-state index is -0.957. The summed E-state index contributed by atoms with van der Waals surface area (Å²) in [5.41, 5.74) is 4.88. The van der Waals surface area contributed by atoms with Gasteiger partial charge in [0.05, 0.1) is 16.8 Å². The Balaban J connectivity index is 2.28. The standard InChI is InChI=1S/C16H14N2O2/c1-10-6-7-13(11(2)8-10)18-9-17-15-12(16(19)20)4-3-5-14(15)18/h3-9H,1-2H3,(H,19,20). The molecule has 0 fully saturated rings. The van der Waals surface area contributed by atoms with E-state index in [1.165, 1.54) is 5.56 Å². The Kier molecular flexibility index (Phi) is 2.79. The second kappa shape index (κ2) is 4.49. The summed E-state index contributed by atoms with van der Waals surface area (Å²) in [4.78, 5) is 15.5. The Morgan fingerprint density at radius 1 is 1.20 bits per heavy atom. The van der Waals surface area contributed by atoms with E-state index in [1.807, 2.05) is 36.6 Å². The van der Waals surface area contributed by atoms with Gasteiger partial charge in [-0.1, -0.05) is 23.8 Å². The highest BCUT2D eigenvalue weighted by Crippen LogP contribution is 2.23. The van der Waals surface area contributed by atoms with E-state index in [4.69, 9.17) is 0 Å². The van der Waals surface area contributed by atoms with E-state index < -0.39 is 5.97 Å². The smallest absolute Gasteiger partial charge is 0.337 e. The van der Waals surface area contributed by atoms with Crippen LogP contribution in [0, 0.1) is 13.8 Å². The maximum absolute atomic E-state index is 11.2. The van der Waals surface area contributed by atoms with Crippen LogP contribution in [0.4, 0.5) is 0 Å². The Bertz CT molecular complexity index is 818. The molecule has 0 saturated carbocycles. The lowest BCUT2D eigenvalue weighted by Crippen LogP contribution is -1.99. The number of aromatic carboxylic acids is 1. The van der Waals surface area contributed by atoms with Crippen LogP contribution in [0.25, 0.3) is 16.7 Å². The zero-order valence-electron chi connectivity index (χ0n) is 11.3. The fourth-order valence-electron chi connectivity index (χ4n) is 2.48. The van der Waals surface area contributed by atoms with Crippen molar-refractivity contribution in [3.8, 4) is 5.69 Å². The van der Waals surface area contributed by atoms with Crippen molar-refractivity contribution < 1.29 is 9.90 Å². The molecule has 0 saturated heterocycles. The molecule has 0 bridgehead atoms. The number of nitrogens with zero attached hydrogens (tertiary/aromatic N) is 2. The number of carboxylic acids is 1. The van der Waals surface area contributed by atoms with E-state index >= 15 is 0 Å². The fourth-order valence-corrected chi connectivity index (χ4v) is 2.48. The number of hydrogen-bond donors (Lipinski definition) is 1. The third kappa shape index (κ3) is 1.86. The van der Waals surface area contributed by atoms with Gasteiger partial charge in [-0.2, -0.15) is 0 Å². The van der Waals surface area contributed by atoms with Crippen molar-refractivity contribution in [2.45, 2.75) is 13.8 Å². The first-order valence-corrected chi connectivity index (χ1v) is 6.35. The predicted molar refractivity (Wildman–Crippen MR) is 77.5 cm³/mol. The average molecular weight is 266 g/mol. The highest BCUT2D eigenvalue weighted by Gasteiger charge is 2.13. The van der Waals surface area contributed by atoms with Crippen LogP contribution in [0.5, 0.6) is 0 Å². The Hall–Kier alpha value is -2.62. The molecule has 4 nitrogen and oxygen atoms in total. The zero-order valence-corrected chi connectivity index (χ0v) is 11.3. The van der Waals surface area contributed by atoms with E-state index in [0.717, 1.165) is 16.8 Å². The average Bonchev–Trinajstić information content (AvgIpc) is 2.82. The number of rotatable bonds is 2. The Morgan fingerprint density at radius 2 is 2.00 bits per heavy atom. The molecule has 3 rings (SSSR count). The number of aryl methyl sites for hydroxylation is 2. The number of benzene rings is 2. The van der Waals surface area contributed by atoms with Crippen LogP contribution < -0.4 is 0 Å². The van der Waals surface area contributed by atoms with Crippen LogP contribution in [-0.4, -0.2) is 20.6 Å². The summed E-state index contributed by atoms with van der Waals surface area (Å²) in [6, 6.07) is 11.4. The molecule has 0 aliphatic rings. The van der Waals surface area contributed by atoms with Gasteiger partial charge in [-0.25, -0.2) is 9.78 Å². The molecule has 0 aliphatic heterocycles. The van der Waals surface area contributed by atoms with Crippen LogP contribution in [0.2, 0.25) is 0 Å². The van der Waals surface area contributed by atoms with E-state index in [0.29, 0.717) is 5.52 Å². The number of fused-ring (bicyclic) bond motifs is 1. The largest absolute Gasteiger partial charge is 0.478 e. The molecule has 4 heteroatoms. The predicted octanol–water partition coefficient (Wildman–Crippen LogP) is 3.34. The molecule has 1 aromatic heterocycles. The molecule has 1 heterocycles. The molecule has 0 aliphatic carbocycles. The van der Waals surface area contributed by atoms with Crippen molar-refractivity contribution in [1.82, 2.24) is 9.55 Å². The fraction of sp³-hybridized carbons (Fsp3) is 0.125. The van der Waals surface area contributed by atoms with Crippen LogP contribution in [0.3, 0.4) is 0 Å². The second-order valence-electron chi connectivity index (χ2n) is 4.88. The molecule has 1 N–H and O–H groups in total. The lowest BCUT2D eigenvalue weighted by atomic mass is 10.1. The maximum atomic E-state index is 11.2. The lowest BCUT2D eigenvalue weighted by Gasteiger charge is -2.09. The second-order valence-corrected chi connectivity index (χ2v) is 4.88. The quantitative estimate of drug-likeness (QED) is 0.774. The molecular formula is C16H14N2O2. The van der Waals surface area contributed by atoms with Gasteiger partial charge in [0.25, 0.3) is 0 Å². The van der Waals surface area contributed by atoms with E-state index in [2.05, 4.69) is 11.1 Å². The third-order valence-electron chi connectivity index (χ3n) is 3.42. The van der Waals surface area contributed by atoms with Gasteiger partial charge < -0.3 is 5.11 Å². The first kappa shape index (κ1) is 12.4. The van der Waals surface area contributed by atoms with E-state index in [9.17, 15) is 9.90 Å². The van der Waals surface area contributed by atoms with Gasteiger partial charge in [-0.05, 0) is 37.6 Å². The number of imidazole rings is 1. The third-order valence-corrected chi connectivity index (χ3v) is 3.42. The van der Waals surface area contributed by atoms with Crippen molar-refractivity contribution in [1.29, 1.82) is 0 Å². The first-order chi connectivity index (χ1) is 9.58. The van der Waals surface area contributed by atoms with Gasteiger partial charge in [0.15, 0.2) is 0 Å². The number of aromatic nitrogens is 2. The summed E-state index contributed by atoms with van der Waals surface area (Å²) < 4.78 is 1.93. The molecule has 20 heavy (non-hydrogen) atoms. The Labute approximate surface area is 116 Å². The molecule has 2 aromatic carbocycles. The molecule has 0 atom stereocenters. The molecule has 0 amide bonds. The summed E-state index contributed by atoms with van der Waals surface area (Å²) in [5.74, 6) is -0.957. The highest BCUT2D eigenvalue weighted by atomic mass is 16.4. The van der Waals surface area contributed by atoms with Crippen LogP contribution in [0.1, 0.15) is 21.5 Å². The van der Waals surface area contributed by atoms with Gasteiger partial charge in [-0.15, -0.1) is 0 Å². The molecule has 100 valence electrons. The lowest BCUT2D eigenvalue weighted by molar-refractivity contribution is 0.0699. The SMILES string of the molecule is Cc1ccc(-n2cnc3c(C(=O)O)cccc32)c(C)c1. The number of para-hydroxylation sites is 1. The number of hydrogen-bond acceptors (Lipinski definition) is 2. The number of carbonyl (C=O) groups is 1. The van der Waals surface area contributed by atoms with Gasteiger partial charge in [-0.3, -0.25) is 4.57 Å². The van der Waals surface area contributed by atoms with E-state index in [1.54, 1.807) is 18.5 Å². The van der Waals surface area contributed by atoms with E-state index in [-0.39, 0.29) is 5.56 Å². The van der Waals surface area contributed by atoms with Crippen molar-refractivity contribution >= 4 is 17.0 Å². The normalized spacial score (nSPS) is 10.9. The van der Waals surface area contributed by atoms with Crippen LogP contribution in [0.15, 0.2) is 42.7 Å². The van der Waals surface area contributed by atoms with Gasteiger partial charge in [0.2, 0.25) is 0 Å². The van der Waals surface area contributed by atoms with Gasteiger partial charge in [0.1, 0.15) is 11.8 Å². The first-order valence-electron chi connectivity index (χ1n) is 6.35. The topological polar surface area (TPSA) is 55.1 Å². The van der Waals surface area contributed by atoms with Gasteiger partial charge >= 0.3 is 5.97 Å². The minimum Gasteiger partial charge on any atom is -0.478 e. The molecule has 3 aromatic rings. The molecule has 0 spiro atoms. The monoisotopic (exact) mass is 266 g/mol. The van der Waals surface area contributed by atoms with Crippen molar-refractivity contribution in [3.05, 3.63) is 59.4 Å². The summed E-state index contributed by atoms with van der Waals surface area (Å²) in [7, 11) is 0. The number of carboxylic acid groups (broad SMARTS) is 1. The molecular weight excluding hydrogens is 252 g/mol. The summed E-state index contributed by atoms with van der Waals surface area (Å²) >= 11 is 0. The minimum absolute atomic E-state index is 0.228. The summed E-state index contributed by atoms with van der Waals surface area (Å²) in [6.45, 7) is 4.08. The highest BCUT2D eigenvalue weighted by molar-refractivity contribution is 6.01. The van der Waals surface area contributed by atoms with Crippen LogP contribution >= 0.6 is 0 Å². The van der Waals surface area contributed by atoms with Crippen molar-refractivity contribution in [2.75, 3.05) is 0 Å².